The highest BCUT2D eigenvalue weighted by Crippen LogP contribution is 2.28. The molecule has 0 saturated carbocycles. The molecule has 0 aliphatic heterocycles. The standard InChI is InChI=1S/C16H18N2/c1-3-18(4-2)12-9-10-14-13-7-5-6-8-15(13)17-16(14)11-12/h5-11,17H,3-4H2,1-2H3. The summed E-state index contributed by atoms with van der Waals surface area (Å²) < 4.78 is 0. The molecule has 0 saturated heterocycles. The molecule has 92 valence electrons. The number of hydrogen-bond acceptors (Lipinski definition) is 1. The van der Waals surface area contributed by atoms with E-state index in [9.17, 15) is 0 Å². The van der Waals surface area contributed by atoms with Crippen LogP contribution in [0.15, 0.2) is 42.5 Å². The van der Waals surface area contributed by atoms with Crippen LogP contribution in [0.1, 0.15) is 13.8 Å². The predicted molar refractivity (Wildman–Crippen MR) is 79.4 cm³/mol. The molecule has 1 N–H and O–H groups in total. The van der Waals surface area contributed by atoms with E-state index >= 15 is 0 Å². The zero-order valence-corrected chi connectivity index (χ0v) is 10.9. The summed E-state index contributed by atoms with van der Waals surface area (Å²) in [5.41, 5.74) is 3.73. The molecular weight excluding hydrogens is 220 g/mol. The molecule has 0 amide bonds. The van der Waals surface area contributed by atoms with Crippen molar-refractivity contribution in [2.24, 2.45) is 0 Å². The van der Waals surface area contributed by atoms with Crippen LogP contribution in [0.25, 0.3) is 21.8 Å². The third kappa shape index (κ3) is 1.65. The van der Waals surface area contributed by atoms with Crippen LogP contribution in [0.3, 0.4) is 0 Å². The van der Waals surface area contributed by atoms with Gasteiger partial charge in [-0.2, -0.15) is 0 Å². The van der Waals surface area contributed by atoms with E-state index in [1.54, 1.807) is 0 Å². The third-order valence-corrected chi connectivity index (χ3v) is 3.62. The maximum atomic E-state index is 3.49. The van der Waals surface area contributed by atoms with Crippen molar-refractivity contribution in [2.75, 3.05) is 18.0 Å². The molecule has 0 atom stereocenters. The van der Waals surface area contributed by atoms with Gasteiger partial charge in [0.05, 0.1) is 0 Å². The lowest BCUT2D eigenvalue weighted by atomic mass is 10.1. The molecule has 0 unspecified atom stereocenters. The maximum Gasteiger partial charge on any atom is 0.0485 e. The second-order valence-electron chi connectivity index (χ2n) is 4.57. The molecule has 1 aromatic heterocycles. The van der Waals surface area contributed by atoms with Gasteiger partial charge in [-0.15, -0.1) is 0 Å². The average Bonchev–Trinajstić information content (AvgIpc) is 2.78. The predicted octanol–water partition coefficient (Wildman–Crippen LogP) is 4.17. The summed E-state index contributed by atoms with van der Waals surface area (Å²) in [6.07, 6.45) is 0. The lowest BCUT2D eigenvalue weighted by molar-refractivity contribution is 0.867. The number of aromatic amines is 1. The summed E-state index contributed by atoms with van der Waals surface area (Å²) in [5.74, 6) is 0. The zero-order valence-electron chi connectivity index (χ0n) is 10.9. The average molecular weight is 238 g/mol. The van der Waals surface area contributed by atoms with Gasteiger partial charge in [-0.3, -0.25) is 0 Å². The van der Waals surface area contributed by atoms with Gasteiger partial charge in [-0.1, -0.05) is 24.3 Å². The van der Waals surface area contributed by atoms with Gasteiger partial charge in [0.1, 0.15) is 0 Å². The van der Waals surface area contributed by atoms with Gasteiger partial charge in [0, 0.05) is 40.6 Å². The van der Waals surface area contributed by atoms with E-state index in [1.165, 1.54) is 27.5 Å². The molecule has 0 spiro atoms. The van der Waals surface area contributed by atoms with Crippen molar-refractivity contribution in [1.82, 2.24) is 4.98 Å². The van der Waals surface area contributed by atoms with E-state index in [0.29, 0.717) is 0 Å². The molecule has 18 heavy (non-hydrogen) atoms. The number of aromatic nitrogens is 1. The van der Waals surface area contributed by atoms with Crippen LogP contribution in [-0.2, 0) is 0 Å². The van der Waals surface area contributed by atoms with Gasteiger partial charge in [0.2, 0.25) is 0 Å². The summed E-state index contributed by atoms with van der Waals surface area (Å²) in [7, 11) is 0. The minimum absolute atomic E-state index is 1.04. The van der Waals surface area contributed by atoms with Crippen molar-refractivity contribution in [3.8, 4) is 0 Å². The Morgan fingerprint density at radius 1 is 0.889 bits per heavy atom. The SMILES string of the molecule is CCN(CC)c1ccc2c(c1)[nH]c1ccccc12. The number of nitrogens with zero attached hydrogens (tertiary/aromatic N) is 1. The Labute approximate surface area is 107 Å². The highest BCUT2D eigenvalue weighted by atomic mass is 15.1. The fourth-order valence-corrected chi connectivity index (χ4v) is 2.63. The van der Waals surface area contributed by atoms with Gasteiger partial charge in [0.25, 0.3) is 0 Å². The highest BCUT2D eigenvalue weighted by Gasteiger charge is 2.06. The smallest absolute Gasteiger partial charge is 0.0485 e. The fraction of sp³-hybridized carbons (Fsp3) is 0.250. The Balaban J connectivity index is 2.21. The maximum absolute atomic E-state index is 3.49. The van der Waals surface area contributed by atoms with Gasteiger partial charge < -0.3 is 9.88 Å². The first kappa shape index (κ1) is 11.1. The highest BCUT2D eigenvalue weighted by molar-refractivity contribution is 6.07. The second-order valence-corrected chi connectivity index (χ2v) is 4.57. The molecule has 0 bridgehead atoms. The zero-order chi connectivity index (χ0) is 12.5. The minimum atomic E-state index is 1.04. The molecule has 2 aromatic carbocycles. The van der Waals surface area contributed by atoms with Gasteiger partial charge in [0.15, 0.2) is 0 Å². The minimum Gasteiger partial charge on any atom is -0.372 e. The molecule has 3 aromatic rings. The van der Waals surface area contributed by atoms with Crippen LogP contribution in [0.4, 0.5) is 5.69 Å². The Morgan fingerprint density at radius 2 is 1.61 bits per heavy atom. The fourth-order valence-electron chi connectivity index (χ4n) is 2.63. The first-order valence-electron chi connectivity index (χ1n) is 6.59. The number of fused-ring (bicyclic) bond motifs is 3. The monoisotopic (exact) mass is 238 g/mol. The van der Waals surface area contributed by atoms with Gasteiger partial charge >= 0.3 is 0 Å². The Kier molecular flexibility index (Phi) is 2.71. The molecule has 0 radical (unpaired) electrons. The molecule has 0 aliphatic carbocycles. The van der Waals surface area contributed by atoms with E-state index in [2.05, 4.69) is 66.2 Å². The summed E-state index contributed by atoms with van der Waals surface area (Å²) in [6.45, 7) is 6.47. The number of para-hydroxylation sites is 1. The van der Waals surface area contributed by atoms with Crippen molar-refractivity contribution < 1.29 is 0 Å². The van der Waals surface area contributed by atoms with Crippen molar-refractivity contribution in [1.29, 1.82) is 0 Å². The molecule has 2 heteroatoms. The van der Waals surface area contributed by atoms with Crippen LogP contribution in [-0.4, -0.2) is 18.1 Å². The lowest BCUT2D eigenvalue weighted by Crippen LogP contribution is -2.21. The van der Waals surface area contributed by atoms with Crippen molar-refractivity contribution in [3.05, 3.63) is 42.5 Å². The summed E-state index contributed by atoms with van der Waals surface area (Å²) in [4.78, 5) is 5.86. The molecular formula is C16H18N2. The number of nitrogens with one attached hydrogen (secondary N) is 1. The van der Waals surface area contributed by atoms with Crippen LogP contribution in [0, 0.1) is 0 Å². The summed E-state index contributed by atoms with van der Waals surface area (Å²) in [6, 6.07) is 15.2. The Morgan fingerprint density at radius 3 is 2.39 bits per heavy atom. The number of rotatable bonds is 3. The normalized spacial score (nSPS) is 11.2. The van der Waals surface area contributed by atoms with Crippen molar-refractivity contribution in [2.45, 2.75) is 13.8 Å². The molecule has 0 fully saturated rings. The third-order valence-electron chi connectivity index (χ3n) is 3.62. The molecule has 1 heterocycles. The number of anilines is 1. The van der Waals surface area contributed by atoms with E-state index in [1.807, 2.05) is 0 Å². The van der Waals surface area contributed by atoms with Crippen LogP contribution in [0.2, 0.25) is 0 Å². The Bertz CT molecular complexity index is 678. The van der Waals surface area contributed by atoms with E-state index in [-0.39, 0.29) is 0 Å². The van der Waals surface area contributed by atoms with Crippen molar-refractivity contribution >= 4 is 27.5 Å². The van der Waals surface area contributed by atoms with E-state index in [4.69, 9.17) is 0 Å². The number of benzene rings is 2. The summed E-state index contributed by atoms with van der Waals surface area (Å²) in [5, 5.41) is 2.61. The van der Waals surface area contributed by atoms with Crippen molar-refractivity contribution in [3.63, 3.8) is 0 Å². The van der Waals surface area contributed by atoms with Gasteiger partial charge in [-0.05, 0) is 32.0 Å². The second kappa shape index (κ2) is 4.37. The van der Waals surface area contributed by atoms with E-state index < -0.39 is 0 Å². The number of hydrogen-bond donors (Lipinski definition) is 1. The quantitative estimate of drug-likeness (QED) is 0.725. The molecule has 3 rings (SSSR count). The first-order chi connectivity index (χ1) is 8.83. The Hall–Kier alpha value is -1.96. The lowest BCUT2D eigenvalue weighted by Gasteiger charge is -2.20. The molecule has 0 aliphatic rings. The van der Waals surface area contributed by atoms with E-state index in [0.717, 1.165) is 13.1 Å². The van der Waals surface area contributed by atoms with Crippen LogP contribution in [0.5, 0.6) is 0 Å². The first-order valence-corrected chi connectivity index (χ1v) is 6.59. The number of H-pyrrole nitrogens is 1. The van der Waals surface area contributed by atoms with Crippen LogP contribution >= 0.6 is 0 Å². The van der Waals surface area contributed by atoms with Gasteiger partial charge in [-0.25, -0.2) is 0 Å². The molecule has 2 nitrogen and oxygen atoms in total. The summed E-state index contributed by atoms with van der Waals surface area (Å²) >= 11 is 0. The van der Waals surface area contributed by atoms with Crippen LogP contribution < -0.4 is 4.90 Å². The largest absolute Gasteiger partial charge is 0.372 e. The topological polar surface area (TPSA) is 19.0 Å².